The van der Waals surface area contributed by atoms with Crippen LogP contribution < -0.4 is 15.5 Å². The van der Waals surface area contributed by atoms with Gasteiger partial charge in [0, 0.05) is 31.0 Å². The molecule has 186 valence electrons. The quantitative estimate of drug-likeness (QED) is 0.385. The average molecular weight is 502 g/mol. The van der Waals surface area contributed by atoms with Crippen LogP contribution in [0.1, 0.15) is 41.9 Å². The summed E-state index contributed by atoms with van der Waals surface area (Å²) in [6.07, 6.45) is 6.28. The van der Waals surface area contributed by atoms with E-state index < -0.39 is 0 Å². The van der Waals surface area contributed by atoms with E-state index >= 15 is 0 Å². The highest BCUT2D eigenvalue weighted by atomic mass is 32.1. The number of hydrogen-bond donors (Lipinski definition) is 2. The van der Waals surface area contributed by atoms with Crippen LogP contribution in [0, 0.1) is 5.92 Å². The summed E-state index contributed by atoms with van der Waals surface area (Å²) in [5.74, 6) is 0.367. The van der Waals surface area contributed by atoms with Crippen LogP contribution in [0.15, 0.2) is 61.5 Å². The van der Waals surface area contributed by atoms with E-state index in [1.165, 1.54) is 16.9 Å². The maximum absolute atomic E-state index is 13.4. The molecule has 1 fully saturated rings. The monoisotopic (exact) mass is 501 g/mol. The molecule has 0 radical (unpaired) electrons. The van der Waals surface area contributed by atoms with Crippen LogP contribution in [-0.2, 0) is 6.42 Å². The van der Waals surface area contributed by atoms with Crippen LogP contribution in [0.5, 0.6) is 0 Å². The molecule has 1 atom stereocenters. The van der Waals surface area contributed by atoms with E-state index in [0.29, 0.717) is 23.0 Å². The third-order valence-electron chi connectivity index (χ3n) is 6.69. The first-order valence-electron chi connectivity index (χ1n) is 12.3. The summed E-state index contributed by atoms with van der Waals surface area (Å²) in [5.41, 5.74) is 4.15. The molecular formula is C28H31N5O2S. The summed E-state index contributed by atoms with van der Waals surface area (Å²) in [4.78, 5) is 36.2. The molecule has 3 aromatic rings. The minimum atomic E-state index is -0.287. The van der Waals surface area contributed by atoms with Gasteiger partial charge in [0.2, 0.25) is 0 Å². The van der Waals surface area contributed by atoms with Crippen molar-refractivity contribution in [3.63, 3.8) is 0 Å². The molecule has 0 saturated carbocycles. The van der Waals surface area contributed by atoms with Crippen LogP contribution in [0.2, 0.25) is 0 Å². The van der Waals surface area contributed by atoms with Crippen LogP contribution in [-0.4, -0.2) is 41.0 Å². The number of amides is 3. The van der Waals surface area contributed by atoms with Gasteiger partial charge in [0.15, 0.2) is 0 Å². The van der Waals surface area contributed by atoms with Gasteiger partial charge in [0.25, 0.3) is 5.91 Å². The van der Waals surface area contributed by atoms with Crippen molar-refractivity contribution in [1.82, 2.24) is 15.2 Å². The van der Waals surface area contributed by atoms with Crippen LogP contribution in [0.4, 0.5) is 21.9 Å². The topological polar surface area (TPSA) is 77.6 Å². The molecule has 36 heavy (non-hydrogen) atoms. The molecule has 0 unspecified atom stereocenters. The summed E-state index contributed by atoms with van der Waals surface area (Å²) >= 11 is 1.31. The minimum Gasteiger partial charge on any atom is -0.370 e. The molecule has 1 aromatic carbocycles. The van der Waals surface area contributed by atoms with E-state index in [-0.39, 0.29) is 18.0 Å². The van der Waals surface area contributed by atoms with Crippen LogP contribution in [0.25, 0.3) is 10.2 Å². The lowest BCUT2D eigenvalue weighted by atomic mass is 10.0. The van der Waals surface area contributed by atoms with Gasteiger partial charge in [-0.1, -0.05) is 39.1 Å². The molecule has 8 heteroatoms. The number of carbonyl (C=O) groups excluding carboxylic acids is 2. The van der Waals surface area contributed by atoms with Gasteiger partial charge in [-0.2, -0.15) is 0 Å². The van der Waals surface area contributed by atoms with Crippen molar-refractivity contribution in [2.75, 3.05) is 23.3 Å². The molecule has 0 aliphatic carbocycles. The van der Waals surface area contributed by atoms with Crippen molar-refractivity contribution in [2.24, 2.45) is 5.92 Å². The Morgan fingerprint density at radius 2 is 2.08 bits per heavy atom. The maximum atomic E-state index is 13.4. The van der Waals surface area contributed by atoms with Crippen LogP contribution >= 0.6 is 11.3 Å². The Hall–Kier alpha value is -3.65. The molecule has 5 rings (SSSR count). The molecule has 7 nitrogen and oxygen atoms in total. The number of thiophene rings is 1. The number of piperidine rings is 1. The zero-order valence-electron chi connectivity index (χ0n) is 20.7. The number of anilines is 3. The fourth-order valence-corrected chi connectivity index (χ4v) is 6.01. The van der Waals surface area contributed by atoms with Gasteiger partial charge in [-0.3, -0.25) is 9.69 Å². The summed E-state index contributed by atoms with van der Waals surface area (Å²) < 4.78 is 0. The predicted octanol–water partition coefficient (Wildman–Crippen LogP) is 6.07. The number of nitrogens with one attached hydrogen (secondary N) is 2. The summed E-state index contributed by atoms with van der Waals surface area (Å²) in [7, 11) is 0. The van der Waals surface area contributed by atoms with E-state index in [4.69, 9.17) is 0 Å². The number of nitrogens with zero attached hydrogens (tertiary/aromatic N) is 3. The normalized spacial score (nSPS) is 17.3. The molecule has 0 spiro atoms. The number of carbonyl (C=O) groups is 2. The van der Waals surface area contributed by atoms with Crippen molar-refractivity contribution in [3.8, 4) is 0 Å². The summed E-state index contributed by atoms with van der Waals surface area (Å²) in [5, 5.41) is 6.94. The SMILES string of the molecule is C=CC(=C)N1CCC[C@@H](NC(=O)c2sc3nccc4c3c2NC(=O)N4c2ccc(CC(C)C)cc2)C1. The lowest BCUT2D eigenvalue weighted by Gasteiger charge is -2.35. The minimum absolute atomic E-state index is 0.00654. The van der Waals surface area contributed by atoms with Crippen molar-refractivity contribution in [3.05, 3.63) is 71.9 Å². The molecule has 4 heterocycles. The Kier molecular flexibility index (Phi) is 6.53. The number of rotatable bonds is 7. The second-order valence-corrected chi connectivity index (χ2v) is 10.8. The Morgan fingerprint density at radius 3 is 2.81 bits per heavy atom. The molecule has 3 amide bonds. The Bertz CT molecular complexity index is 1340. The second kappa shape index (κ2) is 9.78. The zero-order valence-corrected chi connectivity index (χ0v) is 21.5. The number of allylic oxidation sites excluding steroid dienone is 1. The Morgan fingerprint density at radius 1 is 1.31 bits per heavy atom. The first-order valence-corrected chi connectivity index (χ1v) is 13.2. The molecule has 1 saturated heterocycles. The van der Waals surface area contributed by atoms with E-state index in [9.17, 15) is 9.59 Å². The summed E-state index contributed by atoms with van der Waals surface area (Å²) in [6, 6.07) is 9.62. The highest BCUT2D eigenvalue weighted by molar-refractivity contribution is 7.21. The third kappa shape index (κ3) is 4.48. The van der Waals surface area contributed by atoms with E-state index in [1.807, 2.05) is 18.2 Å². The fraction of sp³-hybridized carbons (Fsp3) is 0.321. The molecule has 2 aliphatic heterocycles. The van der Waals surface area contributed by atoms with E-state index in [2.05, 4.69) is 59.7 Å². The Labute approximate surface area is 215 Å². The molecule has 0 bridgehead atoms. The van der Waals surface area contributed by atoms with E-state index in [1.54, 1.807) is 17.2 Å². The number of likely N-dealkylation sites (tertiary alicyclic amines) is 1. The zero-order chi connectivity index (χ0) is 25.4. The largest absolute Gasteiger partial charge is 0.370 e. The highest BCUT2D eigenvalue weighted by Gasteiger charge is 2.33. The number of aromatic nitrogens is 1. The molecule has 2 N–H and O–H groups in total. The van der Waals surface area contributed by atoms with Gasteiger partial charge in [-0.05, 0) is 55.0 Å². The Balaban J connectivity index is 1.44. The number of hydrogen-bond acceptors (Lipinski definition) is 5. The van der Waals surface area contributed by atoms with Crippen molar-refractivity contribution in [1.29, 1.82) is 0 Å². The first-order chi connectivity index (χ1) is 17.4. The molecular weight excluding hydrogens is 470 g/mol. The standard InChI is InChI=1S/C28H31N5O2S/c1-5-18(4)32-14-6-7-20(16-32)30-26(34)25-24-23-22(12-13-29-27(23)36-25)33(28(35)31-24)21-10-8-19(9-11-21)15-17(2)3/h5,8-13,17,20H,1,4,6-7,14-16H2,2-3H3,(H,30,34)(H,31,35)/t20-/m1/s1. The molecule has 2 aromatic heterocycles. The van der Waals surface area contributed by atoms with Gasteiger partial charge in [-0.15, -0.1) is 11.3 Å². The predicted molar refractivity (Wildman–Crippen MR) is 147 cm³/mol. The van der Waals surface area contributed by atoms with Gasteiger partial charge >= 0.3 is 6.03 Å². The second-order valence-electron chi connectivity index (χ2n) is 9.80. The average Bonchev–Trinajstić information content (AvgIpc) is 3.24. The van der Waals surface area contributed by atoms with Crippen molar-refractivity contribution >= 4 is 50.6 Å². The highest BCUT2D eigenvalue weighted by Crippen LogP contribution is 2.45. The van der Waals surface area contributed by atoms with Gasteiger partial charge < -0.3 is 15.5 Å². The summed E-state index contributed by atoms with van der Waals surface area (Å²) in [6.45, 7) is 13.8. The number of pyridine rings is 1. The van der Waals surface area contributed by atoms with Crippen molar-refractivity contribution in [2.45, 2.75) is 39.2 Å². The lowest BCUT2D eigenvalue weighted by Crippen LogP contribution is -2.47. The van der Waals surface area contributed by atoms with Gasteiger partial charge in [-0.25, -0.2) is 9.78 Å². The van der Waals surface area contributed by atoms with Crippen LogP contribution in [0.3, 0.4) is 0 Å². The van der Waals surface area contributed by atoms with Crippen molar-refractivity contribution < 1.29 is 9.59 Å². The lowest BCUT2D eigenvalue weighted by molar-refractivity contribution is 0.0920. The maximum Gasteiger partial charge on any atom is 0.331 e. The third-order valence-corrected chi connectivity index (χ3v) is 7.79. The van der Waals surface area contributed by atoms with Gasteiger partial charge in [0.1, 0.15) is 9.71 Å². The first kappa shape index (κ1) is 24.1. The van der Waals surface area contributed by atoms with E-state index in [0.717, 1.165) is 53.1 Å². The molecule has 2 aliphatic rings. The smallest absolute Gasteiger partial charge is 0.331 e. The number of urea groups is 1. The van der Waals surface area contributed by atoms with Gasteiger partial charge in [0.05, 0.1) is 22.4 Å². The number of benzene rings is 1. The fourth-order valence-electron chi connectivity index (χ4n) is 4.99.